The zero-order chi connectivity index (χ0) is 16.4. The Balaban J connectivity index is 2.04. The first-order valence-corrected chi connectivity index (χ1v) is 7.92. The third kappa shape index (κ3) is 3.13. The molecule has 0 aliphatic heterocycles. The Morgan fingerprint density at radius 2 is 2.04 bits per heavy atom. The van der Waals surface area contributed by atoms with E-state index in [1.54, 1.807) is 6.33 Å². The van der Waals surface area contributed by atoms with Gasteiger partial charge in [-0.05, 0) is 51.5 Å². The lowest BCUT2D eigenvalue weighted by Crippen LogP contribution is -2.08. The number of nitrogens with one attached hydrogen (secondary N) is 1. The molecule has 0 spiro atoms. The van der Waals surface area contributed by atoms with E-state index in [4.69, 9.17) is 4.74 Å². The lowest BCUT2D eigenvalue weighted by Gasteiger charge is -2.16. The largest absolute Gasteiger partial charge is 0.489 e. The summed E-state index contributed by atoms with van der Waals surface area (Å²) >= 11 is 0. The fraction of sp³-hybridized carbons (Fsp3) is 0.333. The number of hydrogen-bond donors (Lipinski definition) is 1. The van der Waals surface area contributed by atoms with Crippen molar-refractivity contribution in [3.05, 3.63) is 42.4 Å². The zero-order valence-electron chi connectivity index (χ0n) is 14.0. The number of benzene rings is 1. The molecule has 120 valence electrons. The van der Waals surface area contributed by atoms with Crippen molar-refractivity contribution in [2.24, 2.45) is 0 Å². The normalized spacial score (nSPS) is 11.2. The van der Waals surface area contributed by atoms with Gasteiger partial charge < -0.3 is 14.6 Å². The molecule has 2 aromatic heterocycles. The van der Waals surface area contributed by atoms with E-state index in [1.807, 2.05) is 38.2 Å². The summed E-state index contributed by atoms with van der Waals surface area (Å²) in [5, 5.41) is 3.41. The fourth-order valence-corrected chi connectivity index (χ4v) is 2.60. The van der Waals surface area contributed by atoms with E-state index < -0.39 is 0 Å². The smallest absolute Gasteiger partial charge is 0.158 e. The van der Waals surface area contributed by atoms with Gasteiger partial charge in [0.1, 0.15) is 17.6 Å². The molecule has 0 unspecified atom stereocenters. The summed E-state index contributed by atoms with van der Waals surface area (Å²) in [4.78, 5) is 8.76. The Bertz CT molecular complexity index is 823. The lowest BCUT2D eigenvalue weighted by molar-refractivity contribution is 0.243. The number of hydrogen-bond acceptors (Lipinski definition) is 4. The molecule has 2 heterocycles. The minimum atomic E-state index is 0.113. The molecule has 3 aromatic rings. The van der Waals surface area contributed by atoms with Crippen molar-refractivity contribution in [3.63, 3.8) is 0 Å². The summed E-state index contributed by atoms with van der Waals surface area (Å²) < 4.78 is 8.07. The summed E-state index contributed by atoms with van der Waals surface area (Å²) in [6.07, 6.45) is 3.73. The minimum absolute atomic E-state index is 0.113. The van der Waals surface area contributed by atoms with E-state index in [0.717, 1.165) is 40.4 Å². The van der Waals surface area contributed by atoms with Gasteiger partial charge in [0.15, 0.2) is 5.82 Å². The van der Waals surface area contributed by atoms with E-state index >= 15 is 0 Å². The van der Waals surface area contributed by atoms with Crippen LogP contribution in [0.15, 0.2) is 36.8 Å². The quantitative estimate of drug-likeness (QED) is 0.764. The molecule has 0 fully saturated rings. The zero-order valence-corrected chi connectivity index (χ0v) is 14.0. The predicted octanol–water partition coefficient (Wildman–Crippen LogP) is 4.29. The van der Waals surface area contributed by atoms with Crippen LogP contribution in [0.1, 0.15) is 26.3 Å². The van der Waals surface area contributed by atoms with Crippen molar-refractivity contribution in [1.82, 2.24) is 14.5 Å². The third-order valence-corrected chi connectivity index (χ3v) is 3.64. The SMILES string of the molecule is CCn1ccc2ncnc(Nc3ccc(C)cc3OC(C)C)c21. The average molecular weight is 310 g/mol. The highest BCUT2D eigenvalue weighted by Crippen LogP contribution is 2.31. The highest BCUT2D eigenvalue weighted by Gasteiger charge is 2.12. The summed E-state index contributed by atoms with van der Waals surface area (Å²) in [5.41, 5.74) is 4.01. The van der Waals surface area contributed by atoms with Crippen LogP contribution < -0.4 is 10.1 Å². The fourth-order valence-electron chi connectivity index (χ4n) is 2.60. The summed E-state index contributed by atoms with van der Waals surface area (Å²) in [6, 6.07) is 8.14. The van der Waals surface area contributed by atoms with Gasteiger partial charge in [-0.15, -0.1) is 0 Å². The first-order valence-electron chi connectivity index (χ1n) is 7.92. The van der Waals surface area contributed by atoms with Gasteiger partial charge in [-0.2, -0.15) is 0 Å². The van der Waals surface area contributed by atoms with E-state index in [2.05, 4.69) is 39.8 Å². The second-order valence-corrected chi connectivity index (χ2v) is 5.85. The topological polar surface area (TPSA) is 52.0 Å². The molecule has 0 amide bonds. The number of aryl methyl sites for hydroxylation is 2. The molecular formula is C18H22N4O. The van der Waals surface area contributed by atoms with Gasteiger partial charge in [0.2, 0.25) is 0 Å². The maximum atomic E-state index is 5.94. The molecule has 5 nitrogen and oxygen atoms in total. The Morgan fingerprint density at radius 3 is 2.78 bits per heavy atom. The van der Waals surface area contributed by atoms with Crippen molar-refractivity contribution in [2.45, 2.75) is 40.3 Å². The molecule has 0 bridgehead atoms. The van der Waals surface area contributed by atoms with Crippen molar-refractivity contribution in [2.75, 3.05) is 5.32 Å². The van der Waals surface area contributed by atoms with Crippen LogP contribution in [0.4, 0.5) is 11.5 Å². The molecule has 0 aliphatic rings. The predicted molar refractivity (Wildman–Crippen MR) is 93.4 cm³/mol. The van der Waals surface area contributed by atoms with Crippen LogP contribution in [0.2, 0.25) is 0 Å². The second kappa shape index (κ2) is 6.28. The highest BCUT2D eigenvalue weighted by atomic mass is 16.5. The molecular weight excluding hydrogens is 288 g/mol. The summed E-state index contributed by atoms with van der Waals surface area (Å²) in [7, 11) is 0. The van der Waals surface area contributed by atoms with Crippen LogP contribution in [0.25, 0.3) is 11.0 Å². The Morgan fingerprint density at radius 1 is 1.22 bits per heavy atom. The van der Waals surface area contributed by atoms with Crippen LogP contribution >= 0.6 is 0 Å². The highest BCUT2D eigenvalue weighted by molar-refractivity contribution is 5.88. The standard InChI is InChI=1S/C18H22N4O/c1-5-22-9-8-15-17(22)18(20-11-19-15)21-14-7-6-13(4)10-16(14)23-12(2)3/h6-12H,5H2,1-4H3,(H,19,20,21). The Hall–Kier alpha value is -2.56. The number of ether oxygens (including phenoxy) is 1. The Labute approximate surface area is 136 Å². The van der Waals surface area contributed by atoms with Gasteiger partial charge in [0, 0.05) is 12.7 Å². The molecule has 0 saturated carbocycles. The number of rotatable bonds is 5. The van der Waals surface area contributed by atoms with Gasteiger partial charge in [0.25, 0.3) is 0 Å². The van der Waals surface area contributed by atoms with Gasteiger partial charge >= 0.3 is 0 Å². The molecule has 3 rings (SSSR count). The summed E-state index contributed by atoms with van der Waals surface area (Å²) in [6.45, 7) is 9.08. The first kappa shape index (κ1) is 15.3. The van der Waals surface area contributed by atoms with Crippen molar-refractivity contribution in [3.8, 4) is 5.75 Å². The van der Waals surface area contributed by atoms with E-state index in [-0.39, 0.29) is 6.10 Å². The van der Waals surface area contributed by atoms with Crippen molar-refractivity contribution < 1.29 is 4.74 Å². The first-order chi connectivity index (χ1) is 11.1. The Kier molecular flexibility index (Phi) is 4.19. The van der Waals surface area contributed by atoms with Crippen LogP contribution in [0.3, 0.4) is 0 Å². The lowest BCUT2D eigenvalue weighted by atomic mass is 10.2. The van der Waals surface area contributed by atoms with Crippen molar-refractivity contribution in [1.29, 1.82) is 0 Å². The number of nitrogens with zero attached hydrogens (tertiary/aromatic N) is 3. The van der Waals surface area contributed by atoms with Gasteiger partial charge in [-0.1, -0.05) is 6.07 Å². The minimum Gasteiger partial charge on any atom is -0.489 e. The molecule has 1 N–H and O–H groups in total. The van der Waals surface area contributed by atoms with Crippen LogP contribution in [0, 0.1) is 6.92 Å². The van der Waals surface area contributed by atoms with Gasteiger partial charge in [-0.25, -0.2) is 9.97 Å². The van der Waals surface area contributed by atoms with Gasteiger partial charge in [0.05, 0.1) is 17.3 Å². The van der Waals surface area contributed by atoms with Crippen molar-refractivity contribution >= 4 is 22.5 Å². The van der Waals surface area contributed by atoms with Crippen LogP contribution in [0.5, 0.6) is 5.75 Å². The average Bonchev–Trinajstić information content (AvgIpc) is 2.93. The van der Waals surface area contributed by atoms with E-state index in [1.165, 1.54) is 0 Å². The van der Waals surface area contributed by atoms with E-state index in [0.29, 0.717) is 0 Å². The molecule has 23 heavy (non-hydrogen) atoms. The molecule has 0 aliphatic carbocycles. The third-order valence-electron chi connectivity index (χ3n) is 3.64. The van der Waals surface area contributed by atoms with Gasteiger partial charge in [-0.3, -0.25) is 0 Å². The molecule has 1 aromatic carbocycles. The molecule has 0 saturated heterocycles. The second-order valence-electron chi connectivity index (χ2n) is 5.85. The van der Waals surface area contributed by atoms with Crippen LogP contribution in [-0.2, 0) is 6.54 Å². The maximum absolute atomic E-state index is 5.94. The maximum Gasteiger partial charge on any atom is 0.158 e. The number of fused-ring (bicyclic) bond motifs is 1. The summed E-state index contributed by atoms with van der Waals surface area (Å²) in [5.74, 6) is 1.63. The molecule has 5 heteroatoms. The number of anilines is 2. The molecule has 0 atom stereocenters. The number of aromatic nitrogens is 3. The van der Waals surface area contributed by atoms with Crippen LogP contribution in [-0.4, -0.2) is 20.6 Å². The molecule has 0 radical (unpaired) electrons. The van der Waals surface area contributed by atoms with E-state index in [9.17, 15) is 0 Å². The monoisotopic (exact) mass is 310 g/mol.